The summed E-state index contributed by atoms with van der Waals surface area (Å²) in [7, 11) is 0. The molecule has 1 heterocycles. The molecule has 3 nitrogen and oxygen atoms in total. The highest BCUT2D eigenvalue weighted by atomic mass is 15.1. The van der Waals surface area contributed by atoms with Crippen molar-refractivity contribution in [3.8, 4) is 0 Å². The first-order chi connectivity index (χ1) is 8.15. The molecule has 3 heteroatoms. The second-order valence-electron chi connectivity index (χ2n) is 5.10. The SMILES string of the molecule is CCCc1nccn1C(C)CCCNC(C)C. The summed E-state index contributed by atoms with van der Waals surface area (Å²) in [5.41, 5.74) is 0. The van der Waals surface area contributed by atoms with Gasteiger partial charge in [-0.2, -0.15) is 0 Å². The molecule has 0 amide bonds. The van der Waals surface area contributed by atoms with Crippen molar-refractivity contribution in [3.63, 3.8) is 0 Å². The Morgan fingerprint density at radius 3 is 2.76 bits per heavy atom. The van der Waals surface area contributed by atoms with Crippen molar-refractivity contribution in [2.75, 3.05) is 6.54 Å². The molecule has 0 radical (unpaired) electrons. The summed E-state index contributed by atoms with van der Waals surface area (Å²) in [6.45, 7) is 9.99. The first kappa shape index (κ1) is 14.2. The number of aromatic nitrogens is 2. The van der Waals surface area contributed by atoms with Crippen molar-refractivity contribution in [3.05, 3.63) is 18.2 Å². The first-order valence-electron chi connectivity index (χ1n) is 6.90. The molecular formula is C14H27N3. The highest BCUT2D eigenvalue weighted by Gasteiger charge is 2.08. The zero-order chi connectivity index (χ0) is 12.7. The molecular weight excluding hydrogens is 210 g/mol. The minimum atomic E-state index is 0.563. The van der Waals surface area contributed by atoms with Gasteiger partial charge in [0.25, 0.3) is 0 Å². The van der Waals surface area contributed by atoms with E-state index in [1.165, 1.54) is 25.1 Å². The van der Waals surface area contributed by atoms with Gasteiger partial charge in [0.15, 0.2) is 0 Å². The monoisotopic (exact) mass is 237 g/mol. The minimum absolute atomic E-state index is 0.563. The Kier molecular flexibility index (Phi) is 6.27. The van der Waals surface area contributed by atoms with Crippen LogP contribution in [0.25, 0.3) is 0 Å². The number of nitrogens with zero attached hydrogens (tertiary/aromatic N) is 2. The molecule has 1 N–H and O–H groups in total. The molecule has 1 aromatic heterocycles. The molecule has 1 rings (SSSR count). The molecule has 1 atom stereocenters. The van der Waals surface area contributed by atoms with Gasteiger partial charge in [0, 0.05) is 30.9 Å². The van der Waals surface area contributed by atoms with Gasteiger partial charge in [0.2, 0.25) is 0 Å². The van der Waals surface area contributed by atoms with Crippen molar-refractivity contribution in [2.45, 2.75) is 65.5 Å². The van der Waals surface area contributed by atoms with Crippen LogP contribution in [0.2, 0.25) is 0 Å². The lowest BCUT2D eigenvalue weighted by Gasteiger charge is -2.17. The van der Waals surface area contributed by atoms with Gasteiger partial charge in [-0.1, -0.05) is 20.8 Å². The molecule has 0 fully saturated rings. The average Bonchev–Trinajstić information content (AvgIpc) is 2.72. The van der Waals surface area contributed by atoms with Crippen LogP contribution in [0, 0.1) is 0 Å². The molecule has 1 unspecified atom stereocenters. The van der Waals surface area contributed by atoms with Crippen LogP contribution in [0.3, 0.4) is 0 Å². The Bertz CT molecular complexity index is 304. The fraction of sp³-hybridized carbons (Fsp3) is 0.786. The summed E-state index contributed by atoms with van der Waals surface area (Å²) in [4.78, 5) is 4.43. The van der Waals surface area contributed by atoms with Crippen molar-refractivity contribution < 1.29 is 0 Å². The Morgan fingerprint density at radius 2 is 2.12 bits per heavy atom. The van der Waals surface area contributed by atoms with Crippen LogP contribution in [0.1, 0.15) is 58.8 Å². The number of imidazole rings is 1. The Hall–Kier alpha value is -0.830. The molecule has 0 saturated heterocycles. The minimum Gasteiger partial charge on any atom is -0.332 e. The maximum atomic E-state index is 4.43. The normalized spacial score (nSPS) is 13.2. The zero-order valence-corrected chi connectivity index (χ0v) is 11.7. The summed E-state index contributed by atoms with van der Waals surface area (Å²) < 4.78 is 2.33. The van der Waals surface area contributed by atoms with Gasteiger partial charge in [0.05, 0.1) is 0 Å². The van der Waals surface area contributed by atoms with E-state index >= 15 is 0 Å². The summed E-state index contributed by atoms with van der Waals surface area (Å²) in [6, 6.07) is 1.15. The van der Waals surface area contributed by atoms with Crippen LogP contribution in [0.4, 0.5) is 0 Å². The standard InChI is InChI=1S/C14H27N3/c1-5-7-14-16-10-11-17(14)13(4)8-6-9-15-12(2)3/h10-13,15H,5-9H2,1-4H3. The third kappa shape index (κ3) is 4.90. The van der Waals surface area contributed by atoms with Gasteiger partial charge in [-0.3, -0.25) is 0 Å². The predicted octanol–water partition coefficient (Wildman–Crippen LogP) is 3.17. The summed E-state index contributed by atoms with van der Waals surface area (Å²) >= 11 is 0. The maximum Gasteiger partial charge on any atom is 0.108 e. The van der Waals surface area contributed by atoms with Crippen molar-refractivity contribution in [2.24, 2.45) is 0 Å². The van der Waals surface area contributed by atoms with E-state index in [0.29, 0.717) is 12.1 Å². The topological polar surface area (TPSA) is 29.9 Å². The molecule has 0 aliphatic carbocycles. The number of nitrogens with one attached hydrogen (secondary N) is 1. The Morgan fingerprint density at radius 1 is 1.35 bits per heavy atom. The van der Waals surface area contributed by atoms with E-state index < -0.39 is 0 Å². The highest BCUT2D eigenvalue weighted by Crippen LogP contribution is 2.15. The lowest BCUT2D eigenvalue weighted by atomic mass is 10.1. The molecule has 0 bridgehead atoms. The third-order valence-corrected chi connectivity index (χ3v) is 3.05. The fourth-order valence-electron chi connectivity index (χ4n) is 2.09. The van der Waals surface area contributed by atoms with Crippen LogP contribution >= 0.6 is 0 Å². The van der Waals surface area contributed by atoms with Gasteiger partial charge < -0.3 is 9.88 Å². The zero-order valence-electron chi connectivity index (χ0n) is 11.7. The van der Waals surface area contributed by atoms with Crippen molar-refractivity contribution in [1.82, 2.24) is 14.9 Å². The molecule has 0 spiro atoms. The van der Waals surface area contributed by atoms with E-state index in [1.807, 2.05) is 6.20 Å². The molecule has 98 valence electrons. The highest BCUT2D eigenvalue weighted by molar-refractivity contribution is 4.94. The van der Waals surface area contributed by atoms with E-state index in [0.717, 1.165) is 13.0 Å². The Balaban J connectivity index is 2.35. The molecule has 1 aromatic rings. The molecule has 0 aliphatic heterocycles. The van der Waals surface area contributed by atoms with Crippen LogP contribution in [0.5, 0.6) is 0 Å². The number of hydrogen-bond donors (Lipinski definition) is 1. The predicted molar refractivity (Wildman–Crippen MR) is 73.3 cm³/mol. The van der Waals surface area contributed by atoms with E-state index in [9.17, 15) is 0 Å². The van der Waals surface area contributed by atoms with Crippen LogP contribution < -0.4 is 5.32 Å². The quantitative estimate of drug-likeness (QED) is 0.704. The molecule has 0 aliphatic rings. The Labute approximate surface area is 106 Å². The van der Waals surface area contributed by atoms with E-state index in [4.69, 9.17) is 0 Å². The van der Waals surface area contributed by atoms with Crippen LogP contribution in [-0.2, 0) is 6.42 Å². The van der Waals surface area contributed by atoms with Crippen LogP contribution in [0.15, 0.2) is 12.4 Å². The van der Waals surface area contributed by atoms with Gasteiger partial charge in [-0.15, -0.1) is 0 Å². The number of aryl methyl sites for hydroxylation is 1. The average molecular weight is 237 g/mol. The van der Waals surface area contributed by atoms with E-state index in [1.54, 1.807) is 0 Å². The van der Waals surface area contributed by atoms with Gasteiger partial charge in [-0.05, 0) is 32.7 Å². The number of rotatable bonds is 8. The van der Waals surface area contributed by atoms with Gasteiger partial charge in [0.1, 0.15) is 5.82 Å². The first-order valence-corrected chi connectivity index (χ1v) is 6.90. The second-order valence-corrected chi connectivity index (χ2v) is 5.10. The number of hydrogen-bond acceptors (Lipinski definition) is 2. The lowest BCUT2D eigenvalue weighted by Crippen LogP contribution is -2.24. The summed E-state index contributed by atoms with van der Waals surface area (Å²) in [6.07, 6.45) is 8.73. The summed E-state index contributed by atoms with van der Waals surface area (Å²) in [5, 5.41) is 3.46. The summed E-state index contributed by atoms with van der Waals surface area (Å²) in [5.74, 6) is 1.23. The molecule has 17 heavy (non-hydrogen) atoms. The second kappa shape index (κ2) is 7.49. The lowest BCUT2D eigenvalue weighted by molar-refractivity contribution is 0.452. The van der Waals surface area contributed by atoms with Gasteiger partial charge >= 0.3 is 0 Å². The third-order valence-electron chi connectivity index (χ3n) is 3.05. The largest absolute Gasteiger partial charge is 0.332 e. The fourth-order valence-corrected chi connectivity index (χ4v) is 2.09. The van der Waals surface area contributed by atoms with Crippen molar-refractivity contribution in [1.29, 1.82) is 0 Å². The van der Waals surface area contributed by atoms with E-state index in [-0.39, 0.29) is 0 Å². The maximum absolute atomic E-state index is 4.43. The van der Waals surface area contributed by atoms with E-state index in [2.05, 4.69) is 48.8 Å². The van der Waals surface area contributed by atoms with Crippen molar-refractivity contribution >= 4 is 0 Å². The smallest absolute Gasteiger partial charge is 0.108 e. The molecule has 0 saturated carbocycles. The van der Waals surface area contributed by atoms with Gasteiger partial charge in [-0.25, -0.2) is 4.98 Å². The van der Waals surface area contributed by atoms with Crippen LogP contribution in [-0.4, -0.2) is 22.1 Å². The molecule has 0 aromatic carbocycles.